The molecule has 4 nitrogen and oxygen atoms in total. The number of halogens is 2. The number of nitrogens with zero attached hydrogens (tertiary/aromatic N) is 1. The number of carbonyl (C=O) groups excluding carboxylic acids is 1. The van der Waals surface area contributed by atoms with Crippen molar-refractivity contribution in [2.45, 2.75) is 25.8 Å². The fourth-order valence-corrected chi connectivity index (χ4v) is 3.22. The smallest absolute Gasteiger partial charge is 0.307 e. The number of carbonyl (C=O) groups is 2. The molecule has 1 amide bonds. The normalized spacial score (nSPS) is 21.3. The van der Waals surface area contributed by atoms with Crippen LogP contribution in [0.25, 0.3) is 0 Å². The third-order valence-corrected chi connectivity index (χ3v) is 4.82. The number of benzene rings is 1. The zero-order valence-electron chi connectivity index (χ0n) is 11.7. The third kappa shape index (κ3) is 3.50. The van der Waals surface area contributed by atoms with Crippen LogP contribution in [0.2, 0.25) is 10.0 Å². The molecule has 2 atom stereocenters. The maximum absolute atomic E-state index is 12.4. The van der Waals surface area contributed by atoms with Gasteiger partial charge in [0.1, 0.15) is 0 Å². The van der Waals surface area contributed by atoms with Crippen LogP contribution in [0.1, 0.15) is 24.8 Å². The Morgan fingerprint density at radius 1 is 1.29 bits per heavy atom. The van der Waals surface area contributed by atoms with Gasteiger partial charge in [-0.25, -0.2) is 0 Å². The number of hydrogen-bond donors (Lipinski definition) is 1. The molecule has 1 fully saturated rings. The lowest BCUT2D eigenvalue weighted by Crippen LogP contribution is -2.36. The van der Waals surface area contributed by atoms with E-state index in [1.54, 1.807) is 25.2 Å². The van der Waals surface area contributed by atoms with E-state index >= 15 is 0 Å². The summed E-state index contributed by atoms with van der Waals surface area (Å²) < 4.78 is 0. The van der Waals surface area contributed by atoms with Crippen molar-refractivity contribution in [1.82, 2.24) is 4.90 Å². The number of carboxylic acid groups (broad SMARTS) is 1. The van der Waals surface area contributed by atoms with Crippen molar-refractivity contribution in [1.29, 1.82) is 0 Å². The molecule has 1 aromatic carbocycles. The highest BCUT2D eigenvalue weighted by atomic mass is 35.5. The van der Waals surface area contributed by atoms with E-state index in [-0.39, 0.29) is 5.91 Å². The van der Waals surface area contributed by atoms with Crippen molar-refractivity contribution < 1.29 is 14.7 Å². The maximum atomic E-state index is 12.4. The first-order valence-electron chi connectivity index (χ1n) is 6.82. The molecule has 0 spiro atoms. The quantitative estimate of drug-likeness (QED) is 0.920. The number of amides is 1. The summed E-state index contributed by atoms with van der Waals surface area (Å²) in [4.78, 5) is 25.2. The van der Waals surface area contributed by atoms with E-state index in [2.05, 4.69) is 0 Å². The molecule has 0 heterocycles. The maximum Gasteiger partial charge on any atom is 0.307 e. The molecular weight excluding hydrogens is 313 g/mol. The van der Waals surface area contributed by atoms with E-state index in [9.17, 15) is 14.7 Å². The molecule has 0 unspecified atom stereocenters. The van der Waals surface area contributed by atoms with Gasteiger partial charge in [0, 0.05) is 13.6 Å². The van der Waals surface area contributed by atoms with Gasteiger partial charge in [-0.1, -0.05) is 41.8 Å². The summed E-state index contributed by atoms with van der Waals surface area (Å²) in [5.41, 5.74) is 0.755. The fourth-order valence-electron chi connectivity index (χ4n) is 2.84. The van der Waals surface area contributed by atoms with Crippen molar-refractivity contribution in [3.8, 4) is 0 Å². The van der Waals surface area contributed by atoms with Gasteiger partial charge in [-0.05, 0) is 24.5 Å². The summed E-state index contributed by atoms with van der Waals surface area (Å²) in [5.74, 6) is -2.05. The van der Waals surface area contributed by atoms with Crippen LogP contribution >= 0.6 is 23.2 Å². The summed E-state index contributed by atoms with van der Waals surface area (Å²) in [5, 5.41) is 10.0. The monoisotopic (exact) mass is 329 g/mol. The van der Waals surface area contributed by atoms with Crippen LogP contribution in [0.5, 0.6) is 0 Å². The summed E-state index contributed by atoms with van der Waals surface area (Å²) >= 11 is 12.1. The van der Waals surface area contributed by atoms with Gasteiger partial charge < -0.3 is 10.0 Å². The number of rotatable bonds is 4. The lowest BCUT2D eigenvalue weighted by molar-refractivity contribution is -0.148. The van der Waals surface area contributed by atoms with E-state index in [0.29, 0.717) is 29.4 Å². The molecule has 0 aliphatic heterocycles. The van der Waals surface area contributed by atoms with Gasteiger partial charge >= 0.3 is 5.97 Å². The highest BCUT2D eigenvalue weighted by molar-refractivity contribution is 6.42. The molecule has 1 N–H and O–H groups in total. The Kier molecular flexibility index (Phi) is 5.12. The largest absolute Gasteiger partial charge is 0.481 e. The van der Waals surface area contributed by atoms with Gasteiger partial charge in [0.05, 0.1) is 21.9 Å². The van der Waals surface area contributed by atoms with Gasteiger partial charge in [-0.2, -0.15) is 0 Å². The minimum Gasteiger partial charge on any atom is -0.481 e. The molecule has 114 valence electrons. The lowest BCUT2D eigenvalue weighted by Gasteiger charge is -2.24. The average molecular weight is 330 g/mol. The molecule has 1 aliphatic rings. The van der Waals surface area contributed by atoms with E-state index in [4.69, 9.17) is 23.2 Å². The molecule has 0 aromatic heterocycles. The summed E-state index contributed by atoms with van der Waals surface area (Å²) in [6.45, 7) is 0.321. The minimum atomic E-state index is -0.889. The second-order valence-electron chi connectivity index (χ2n) is 5.39. The number of aliphatic carboxylic acids is 1. The van der Waals surface area contributed by atoms with Crippen LogP contribution in [0, 0.1) is 11.8 Å². The van der Waals surface area contributed by atoms with Crippen LogP contribution in [0.3, 0.4) is 0 Å². The zero-order valence-corrected chi connectivity index (χ0v) is 13.2. The average Bonchev–Trinajstić information content (AvgIpc) is 2.92. The Morgan fingerprint density at radius 2 is 1.95 bits per heavy atom. The molecule has 21 heavy (non-hydrogen) atoms. The second-order valence-corrected chi connectivity index (χ2v) is 6.17. The number of carboxylic acids is 1. The molecule has 1 saturated carbocycles. The Bertz CT molecular complexity index is 562. The third-order valence-electron chi connectivity index (χ3n) is 3.97. The van der Waals surface area contributed by atoms with Crippen LogP contribution in [-0.4, -0.2) is 28.9 Å². The summed E-state index contributed by atoms with van der Waals surface area (Å²) in [7, 11) is 1.66. The molecule has 0 radical (unpaired) electrons. The first-order valence-corrected chi connectivity index (χ1v) is 7.58. The van der Waals surface area contributed by atoms with Crippen molar-refractivity contribution >= 4 is 35.1 Å². The van der Waals surface area contributed by atoms with Crippen LogP contribution in [-0.2, 0) is 16.1 Å². The Balaban J connectivity index is 2.09. The molecule has 2 rings (SSSR count). The predicted octanol–water partition coefficient (Wildman–Crippen LogP) is 3.45. The fraction of sp³-hybridized carbons (Fsp3) is 0.467. The van der Waals surface area contributed by atoms with Crippen molar-refractivity contribution in [2.75, 3.05) is 7.05 Å². The first kappa shape index (κ1) is 16.1. The van der Waals surface area contributed by atoms with E-state index in [1.807, 2.05) is 0 Å². The SMILES string of the molecule is CN(Cc1cccc(Cl)c1Cl)C(=O)[C@@H]1CCC[C@@H]1C(=O)O. The van der Waals surface area contributed by atoms with Crippen LogP contribution in [0.4, 0.5) is 0 Å². The lowest BCUT2D eigenvalue weighted by atomic mass is 9.95. The molecule has 1 aromatic rings. The van der Waals surface area contributed by atoms with Crippen molar-refractivity contribution in [2.24, 2.45) is 11.8 Å². The molecule has 6 heteroatoms. The van der Waals surface area contributed by atoms with Gasteiger partial charge in [0.15, 0.2) is 0 Å². The standard InChI is InChI=1S/C15H17Cl2NO3/c1-18(8-9-4-2-7-12(16)13(9)17)14(19)10-5-3-6-11(10)15(20)21/h2,4,7,10-11H,3,5-6,8H2,1H3,(H,20,21)/t10-,11+/m1/s1. The summed E-state index contributed by atoms with van der Waals surface area (Å²) in [6.07, 6.45) is 1.97. The Hall–Kier alpha value is -1.26. The molecule has 0 bridgehead atoms. The zero-order chi connectivity index (χ0) is 15.6. The highest BCUT2D eigenvalue weighted by Crippen LogP contribution is 2.34. The van der Waals surface area contributed by atoms with E-state index in [0.717, 1.165) is 12.0 Å². The first-order chi connectivity index (χ1) is 9.91. The van der Waals surface area contributed by atoms with Gasteiger partial charge in [0.25, 0.3) is 0 Å². The highest BCUT2D eigenvalue weighted by Gasteiger charge is 2.39. The van der Waals surface area contributed by atoms with Gasteiger partial charge in [0.2, 0.25) is 5.91 Å². The molecule has 0 saturated heterocycles. The molecular formula is C15H17Cl2NO3. The van der Waals surface area contributed by atoms with Gasteiger partial charge in [-0.3, -0.25) is 9.59 Å². The van der Waals surface area contributed by atoms with Gasteiger partial charge in [-0.15, -0.1) is 0 Å². The van der Waals surface area contributed by atoms with Crippen LogP contribution < -0.4 is 0 Å². The number of hydrogen-bond acceptors (Lipinski definition) is 2. The topological polar surface area (TPSA) is 57.6 Å². The predicted molar refractivity (Wildman–Crippen MR) is 81.4 cm³/mol. The Morgan fingerprint density at radius 3 is 2.62 bits per heavy atom. The van der Waals surface area contributed by atoms with Crippen molar-refractivity contribution in [3.63, 3.8) is 0 Å². The van der Waals surface area contributed by atoms with Crippen molar-refractivity contribution in [3.05, 3.63) is 33.8 Å². The van der Waals surface area contributed by atoms with E-state index in [1.165, 1.54) is 4.90 Å². The van der Waals surface area contributed by atoms with Crippen LogP contribution in [0.15, 0.2) is 18.2 Å². The Labute approximate surface area is 133 Å². The van der Waals surface area contributed by atoms with E-state index < -0.39 is 17.8 Å². The molecule has 1 aliphatic carbocycles. The minimum absolute atomic E-state index is 0.143. The summed E-state index contributed by atoms with van der Waals surface area (Å²) in [6, 6.07) is 5.27. The second kappa shape index (κ2) is 6.67.